The number of amides is 1. The van der Waals surface area contributed by atoms with Crippen LogP contribution in [0.25, 0.3) is 0 Å². The van der Waals surface area contributed by atoms with Crippen molar-refractivity contribution in [2.45, 2.75) is 47.1 Å². The predicted octanol–water partition coefficient (Wildman–Crippen LogP) is 2.25. The molecule has 0 radical (unpaired) electrons. The molecule has 0 aliphatic carbocycles. The molecule has 1 amide bonds. The Morgan fingerprint density at radius 2 is 1.67 bits per heavy atom. The lowest BCUT2D eigenvalue weighted by molar-refractivity contribution is -0.178. The lowest BCUT2D eigenvalue weighted by Gasteiger charge is -2.22. The summed E-state index contributed by atoms with van der Waals surface area (Å²) >= 11 is 0. The summed E-state index contributed by atoms with van der Waals surface area (Å²) in [5.41, 5.74) is 0. The first-order valence-corrected chi connectivity index (χ1v) is 6.03. The fourth-order valence-electron chi connectivity index (χ4n) is 0.918. The Labute approximate surface area is 107 Å². The summed E-state index contributed by atoms with van der Waals surface area (Å²) in [5.74, 6) is -0.926. The molecular formula is C12H22FNO4. The maximum absolute atomic E-state index is 12.5. The van der Waals surface area contributed by atoms with Crippen LogP contribution in [0, 0.1) is 11.8 Å². The Balaban J connectivity index is 4.27. The average Bonchev–Trinajstić information content (AvgIpc) is 2.24. The van der Waals surface area contributed by atoms with Crippen LogP contribution in [0.4, 0.5) is 9.18 Å². The molecule has 0 aromatic heterocycles. The Kier molecular flexibility index (Phi) is 7.31. The van der Waals surface area contributed by atoms with E-state index in [1.54, 1.807) is 27.7 Å². The quantitative estimate of drug-likeness (QED) is 0.589. The van der Waals surface area contributed by atoms with E-state index in [0.717, 1.165) is 0 Å². The van der Waals surface area contributed by atoms with Crippen molar-refractivity contribution in [1.82, 2.24) is 5.32 Å². The van der Waals surface area contributed by atoms with Gasteiger partial charge in [0, 0.05) is 5.92 Å². The van der Waals surface area contributed by atoms with Crippen molar-refractivity contribution >= 4 is 12.1 Å². The van der Waals surface area contributed by atoms with Gasteiger partial charge in [-0.05, 0) is 6.92 Å². The number of esters is 1. The largest absolute Gasteiger partial charge is 0.425 e. The van der Waals surface area contributed by atoms with Gasteiger partial charge in [0.2, 0.25) is 0 Å². The van der Waals surface area contributed by atoms with E-state index < -0.39 is 24.5 Å². The molecule has 0 bridgehead atoms. The molecule has 0 aliphatic rings. The van der Waals surface area contributed by atoms with E-state index in [1.165, 1.54) is 6.92 Å². The van der Waals surface area contributed by atoms with E-state index in [9.17, 15) is 14.0 Å². The predicted molar refractivity (Wildman–Crippen MR) is 64.6 cm³/mol. The van der Waals surface area contributed by atoms with Crippen molar-refractivity contribution in [1.29, 1.82) is 0 Å². The van der Waals surface area contributed by atoms with Crippen molar-refractivity contribution in [2.75, 3.05) is 6.54 Å². The third-order valence-corrected chi connectivity index (χ3v) is 2.00. The average molecular weight is 263 g/mol. The lowest BCUT2D eigenvalue weighted by Crippen LogP contribution is -2.37. The number of carbonyl (C=O) groups is 2. The Hall–Kier alpha value is -1.33. The van der Waals surface area contributed by atoms with Gasteiger partial charge in [0.05, 0.1) is 12.5 Å². The van der Waals surface area contributed by atoms with Gasteiger partial charge in [-0.3, -0.25) is 4.79 Å². The molecule has 6 heteroatoms. The highest BCUT2D eigenvalue weighted by molar-refractivity contribution is 5.72. The zero-order valence-corrected chi connectivity index (χ0v) is 11.5. The molecule has 0 spiro atoms. The second-order valence-electron chi connectivity index (χ2n) is 4.77. The molecule has 0 aromatic carbocycles. The van der Waals surface area contributed by atoms with E-state index in [4.69, 9.17) is 9.47 Å². The second-order valence-corrected chi connectivity index (χ2v) is 4.77. The first kappa shape index (κ1) is 16.7. The number of ether oxygens (including phenoxy) is 2. The molecule has 0 rings (SSSR count). The van der Waals surface area contributed by atoms with Crippen LogP contribution in [0.1, 0.15) is 34.6 Å². The first-order valence-electron chi connectivity index (χ1n) is 6.03. The summed E-state index contributed by atoms with van der Waals surface area (Å²) in [6.45, 7) is 8.06. The summed E-state index contributed by atoms with van der Waals surface area (Å²) in [4.78, 5) is 22.7. The molecule has 0 aromatic rings. The van der Waals surface area contributed by atoms with Crippen LogP contribution in [-0.2, 0) is 14.3 Å². The van der Waals surface area contributed by atoms with Crippen LogP contribution in [0.5, 0.6) is 0 Å². The maximum atomic E-state index is 12.5. The second kappa shape index (κ2) is 7.89. The maximum Gasteiger partial charge on any atom is 0.410 e. The van der Waals surface area contributed by atoms with Gasteiger partial charge in [-0.15, -0.1) is 0 Å². The number of alkyl carbamates (subject to hydrolysis) is 1. The van der Waals surface area contributed by atoms with Gasteiger partial charge in [0.15, 0.2) is 0 Å². The topological polar surface area (TPSA) is 64.6 Å². The van der Waals surface area contributed by atoms with E-state index in [1.807, 2.05) is 0 Å². The number of nitrogens with one attached hydrogen (secondary N) is 1. The highest BCUT2D eigenvalue weighted by atomic mass is 19.1. The molecule has 1 N–H and O–H groups in total. The van der Waals surface area contributed by atoms with Crippen LogP contribution in [-0.4, -0.2) is 31.1 Å². The molecule has 2 atom stereocenters. The van der Waals surface area contributed by atoms with E-state index in [0.29, 0.717) is 0 Å². The smallest absolute Gasteiger partial charge is 0.410 e. The summed E-state index contributed by atoms with van der Waals surface area (Å²) in [5, 5.41) is 2.24. The number of halogens is 1. The standard InChI is InChI=1S/C12H22FNO4/c1-7(2)10(15)17-11(8(3)4)18-12(16)14-6-9(5)13/h7-9,11H,6H2,1-5H3,(H,14,16)/t9-,11+/m1/s1. The van der Waals surface area contributed by atoms with Crippen molar-refractivity contribution in [3.05, 3.63) is 0 Å². The third-order valence-electron chi connectivity index (χ3n) is 2.00. The molecule has 0 fully saturated rings. The fraction of sp³-hybridized carbons (Fsp3) is 0.833. The first-order chi connectivity index (χ1) is 8.23. The summed E-state index contributed by atoms with van der Waals surface area (Å²) in [6, 6.07) is 0. The zero-order valence-electron chi connectivity index (χ0n) is 11.5. The number of hydrogen-bond acceptors (Lipinski definition) is 4. The highest BCUT2D eigenvalue weighted by Gasteiger charge is 2.24. The van der Waals surface area contributed by atoms with E-state index in [2.05, 4.69) is 5.32 Å². The van der Waals surface area contributed by atoms with Crippen LogP contribution in [0.2, 0.25) is 0 Å². The molecule has 106 valence electrons. The summed E-state index contributed by atoms with van der Waals surface area (Å²) < 4.78 is 22.5. The van der Waals surface area contributed by atoms with Gasteiger partial charge in [0.1, 0.15) is 6.17 Å². The van der Waals surface area contributed by atoms with Gasteiger partial charge >= 0.3 is 12.1 Å². The minimum Gasteiger partial charge on any atom is -0.425 e. The summed E-state index contributed by atoms with van der Waals surface area (Å²) in [7, 11) is 0. The Morgan fingerprint density at radius 3 is 2.06 bits per heavy atom. The van der Waals surface area contributed by atoms with Crippen LogP contribution in [0.3, 0.4) is 0 Å². The minimum atomic E-state index is -1.16. The molecule has 0 saturated carbocycles. The number of alkyl halides is 1. The van der Waals surface area contributed by atoms with Crippen LogP contribution >= 0.6 is 0 Å². The van der Waals surface area contributed by atoms with Crippen molar-refractivity contribution in [2.24, 2.45) is 11.8 Å². The van der Waals surface area contributed by atoms with Crippen LogP contribution < -0.4 is 5.32 Å². The molecule has 0 unspecified atom stereocenters. The fourth-order valence-corrected chi connectivity index (χ4v) is 0.918. The highest BCUT2D eigenvalue weighted by Crippen LogP contribution is 2.11. The Bertz CT molecular complexity index is 279. The number of hydrogen-bond donors (Lipinski definition) is 1. The molecule has 5 nitrogen and oxygen atoms in total. The van der Waals surface area contributed by atoms with Gasteiger partial charge in [0.25, 0.3) is 6.29 Å². The van der Waals surface area contributed by atoms with E-state index >= 15 is 0 Å². The van der Waals surface area contributed by atoms with Crippen molar-refractivity contribution < 1.29 is 23.5 Å². The van der Waals surface area contributed by atoms with Gasteiger partial charge in [-0.25, -0.2) is 9.18 Å². The molecule has 0 heterocycles. The third kappa shape index (κ3) is 7.09. The van der Waals surface area contributed by atoms with Gasteiger partial charge < -0.3 is 14.8 Å². The normalized spacial score (nSPS) is 14.2. The van der Waals surface area contributed by atoms with E-state index in [-0.39, 0.29) is 18.4 Å². The molecule has 0 saturated heterocycles. The SMILES string of the molecule is CC(C)C(=O)O[C@@H](OC(=O)NC[C@@H](C)F)C(C)C. The van der Waals surface area contributed by atoms with Crippen molar-refractivity contribution in [3.63, 3.8) is 0 Å². The number of rotatable bonds is 6. The molecular weight excluding hydrogens is 241 g/mol. The molecule has 0 aliphatic heterocycles. The number of carbonyl (C=O) groups excluding carboxylic acids is 2. The molecule has 18 heavy (non-hydrogen) atoms. The minimum absolute atomic E-state index is 0.137. The zero-order chi connectivity index (χ0) is 14.3. The van der Waals surface area contributed by atoms with Crippen molar-refractivity contribution in [3.8, 4) is 0 Å². The van der Waals surface area contributed by atoms with Crippen LogP contribution in [0.15, 0.2) is 0 Å². The monoisotopic (exact) mass is 263 g/mol. The van der Waals surface area contributed by atoms with Gasteiger partial charge in [-0.2, -0.15) is 0 Å². The summed E-state index contributed by atoms with van der Waals surface area (Å²) in [6.07, 6.45) is -2.92. The van der Waals surface area contributed by atoms with Gasteiger partial charge in [-0.1, -0.05) is 27.7 Å². The lowest BCUT2D eigenvalue weighted by atomic mass is 10.2. The Morgan fingerprint density at radius 1 is 1.11 bits per heavy atom.